The Morgan fingerprint density at radius 2 is 1.75 bits per heavy atom. The van der Waals surface area contributed by atoms with Crippen LogP contribution in [0.1, 0.15) is 0 Å². The fraction of sp³-hybridized carbons (Fsp3) is 0. The molecule has 20 heavy (non-hydrogen) atoms. The van der Waals surface area contributed by atoms with Gasteiger partial charge in [-0.1, -0.05) is 17.7 Å². The van der Waals surface area contributed by atoms with Crippen LogP contribution in [0.2, 0.25) is 5.15 Å². The lowest BCUT2D eigenvalue weighted by atomic mass is 10.2. The molecule has 100 valence electrons. The van der Waals surface area contributed by atoms with Gasteiger partial charge in [0.1, 0.15) is 22.5 Å². The number of para-hydroxylation sites is 1. The summed E-state index contributed by atoms with van der Waals surface area (Å²) in [7, 11) is 0. The highest BCUT2D eigenvalue weighted by Gasteiger charge is 2.15. The van der Waals surface area contributed by atoms with E-state index in [1.807, 2.05) is 0 Å². The third-order valence-electron chi connectivity index (χ3n) is 2.93. The smallest absolute Gasteiger partial charge is 0.255 e. The van der Waals surface area contributed by atoms with Gasteiger partial charge in [0.05, 0.1) is 5.52 Å². The molecule has 3 nitrogen and oxygen atoms in total. The maximum Gasteiger partial charge on any atom is 0.255 e. The molecule has 0 aliphatic carbocycles. The van der Waals surface area contributed by atoms with Crippen molar-refractivity contribution in [3.05, 3.63) is 69.7 Å². The minimum absolute atomic E-state index is 0.160. The van der Waals surface area contributed by atoms with Gasteiger partial charge in [0.25, 0.3) is 5.56 Å². The molecule has 0 aliphatic rings. The van der Waals surface area contributed by atoms with Crippen molar-refractivity contribution in [1.82, 2.24) is 9.55 Å². The van der Waals surface area contributed by atoms with Crippen molar-refractivity contribution in [2.24, 2.45) is 0 Å². The van der Waals surface area contributed by atoms with Crippen LogP contribution in [0.3, 0.4) is 0 Å². The SMILES string of the molecule is O=c1ccc2c(Cl)nccc2n1-c1c(F)cccc1F. The molecule has 2 heterocycles. The lowest BCUT2D eigenvalue weighted by molar-refractivity contribution is 0.569. The lowest BCUT2D eigenvalue weighted by Crippen LogP contribution is -2.20. The fourth-order valence-electron chi connectivity index (χ4n) is 2.07. The first-order valence-corrected chi connectivity index (χ1v) is 6.08. The summed E-state index contributed by atoms with van der Waals surface area (Å²) < 4.78 is 28.7. The van der Waals surface area contributed by atoms with Crippen molar-refractivity contribution in [3.8, 4) is 5.69 Å². The molecule has 0 amide bonds. The molecular weight excluding hydrogens is 286 g/mol. The lowest BCUT2D eigenvalue weighted by Gasteiger charge is -2.12. The Morgan fingerprint density at radius 1 is 1.05 bits per heavy atom. The van der Waals surface area contributed by atoms with Crippen LogP contribution in [0.4, 0.5) is 8.78 Å². The van der Waals surface area contributed by atoms with E-state index in [0.29, 0.717) is 10.9 Å². The zero-order valence-electron chi connectivity index (χ0n) is 9.98. The first-order chi connectivity index (χ1) is 9.59. The molecule has 0 saturated carbocycles. The van der Waals surface area contributed by atoms with Crippen LogP contribution < -0.4 is 5.56 Å². The normalized spacial score (nSPS) is 10.9. The molecule has 1 aromatic carbocycles. The van der Waals surface area contributed by atoms with Crippen molar-refractivity contribution in [1.29, 1.82) is 0 Å². The maximum atomic E-state index is 13.9. The Hall–Kier alpha value is -2.27. The number of benzene rings is 1. The van der Waals surface area contributed by atoms with E-state index >= 15 is 0 Å². The van der Waals surface area contributed by atoms with E-state index in [4.69, 9.17) is 11.6 Å². The highest BCUT2D eigenvalue weighted by atomic mass is 35.5. The van der Waals surface area contributed by atoms with Gasteiger partial charge in [0.15, 0.2) is 0 Å². The highest BCUT2D eigenvalue weighted by molar-refractivity contribution is 6.34. The van der Waals surface area contributed by atoms with Crippen LogP contribution in [-0.2, 0) is 0 Å². The molecule has 0 unspecified atom stereocenters. The molecule has 0 spiro atoms. The number of rotatable bonds is 1. The molecule has 0 atom stereocenters. The van der Waals surface area contributed by atoms with Crippen molar-refractivity contribution in [3.63, 3.8) is 0 Å². The van der Waals surface area contributed by atoms with Gasteiger partial charge in [0, 0.05) is 17.6 Å². The molecule has 2 aromatic heterocycles. The quantitative estimate of drug-likeness (QED) is 0.645. The first-order valence-electron chi connectivity index (χ1n) is 5.70. The summed E-state index contributed by atoms with van der Waals surface area (Å²) in [5.41, 5.74) is -0.685. The van der Waals surface area contributed by atoms with E-state index in [1.54, 1.807) is 0 Å². The Labute approximate surface area is 117 Å². The molecule has 3 aromatic rings. The van der Waals surface area contributed by atoms with E-state index in [0.717, 1.165) is 16.7 Å². The number of aromatic nitrogens is 2. The summed E-state index contributed by atoms with van der Waals surface area (Å²) in [5, 5.41) is 0.601. The number of hydrogen-bond donors (Lipinski definition) is 0. The summed E-state index contributed by atoms with van der Waals surface area (Å²) in [6.45, 7) is 0. The zero-order valence-corrected chi connectivity index (χ0v) is 10.7. The number of fused-ring (bicyclic) bond motifs is 1. The zero-order chi connectivity index (χ0) is 14.3. The topological polar surface area (TPSA) is 34.9 Å². The van der Waals surface area contributed by atoms with Crippen molar-refractivity contribution in [2.75, 3.05) is 0 Å². The molecule has 0 N–H and O–H groups in total. The summed E-state index contributed by atoms with van der Waals surface area (Å²) in [6.07, 6.45) is 1.37. The summed E-state index contributed by atoms with van der Waals surface area (Å²) in [4.78, 5) is 15.9. The van der Waals surface area contributed by atoms with Crippen LogP contribution in [0.5, 0.6) is 0 Å². The molecule has 0 aliphatic heterocycles. The molecule has 3 rings (SSSR count). The van der Waals surface area contributed by atoms with Crippen LogP contribution >= 0.6 is 11.6 Å². The second-order valence-corrected chi connectivity index (χ2v) is 4.47. The van der Waals surface area contributed by atoms with Crippen molar-refractivity contribution in [2.45, 2.75) is 0 Å². The number of hydrogen-bond acceptors (Lipinski definition) is 2. The minimum Gasteiger partial charge on any atom is -0.271 e. The fourth-order valence-corrected chi connectivity index (χ4v) is 2.28. The first kappa shape index (κ1) is 12.7. The second kappa shape index (κ2) is 4.68. The number of pyridine rings is 2. The van der Waals surface area contributed by atoms with Crippen LogP contribution in [0.15, 0.2) is 47.4 Å². The molecule has 6 heteroatoms. The predicted octanol–water partition coefficient (Wildman–Crippen LogP) is 3.32. The van der Waals surface area contributed by atoms with Gasteiger partial charge in [-0.3, -0.25) is 9.36 Å². The van der Waals surface area contributed by atoms with Gasteiger partial charge in [-0.15, -0.1) is 0 Å². The Bertz CT molecular complexity index is 856. The van der Waals surface area contributed by atoms with E-state index in [1.165, 1.54) is 30.5 Å². The predicted molar refractivity (Wildman–Crippen MR) is 72.3 cm³/mol. The highest BCUT2D eigenvalue weighted by Crippen LogP contribution is 2.24. The van der Waals surface area contributed by atoms with Crippen molar-refractivity contribution < 1.29 is 8.78 Å². The van der Waals surface area contributed by atoms with E-state index in [-0.39, 0.29) is 5.15 Å². The van der Waals surface area contributed by atoms with Gasteiger partial charge in [0.2, 0.25) is 0 Å². The largest absolute Gasteiger partial charge is 0.271 e. The molecule has 0 fully saturated rings. The van der Waals surface area contributed by atoms with E-state index in [9.17, 15) is 13.6 Å². The standard InChI is InChI=1S/C14H7ClF2N2O/c15-14-8-4-5-12(20)19(11(8)6-7-18-14)13-9(16)2-1-3-10(13)17/h1-7H. The third kappa shape index (κ3) is 1.87. The Morgan fingerprint density at radius 3 is 2.45 bits per heavy atom. The molecule has 0 bridgehead atoms. The van der Waals surface area contributed by atoms with Gasteiger partial charge < -0.3 is 0 Å². The van der Waals surface area contributed by atoms with Crippen LogP contribution in [0, 0.1) is 11.6 Å². The monoisotopic (exact) mass is 292 g/mol. The van der Waals surface area contributed by atoms with Gasteiger partial charge >= 0.3 is 0 Å². The minimum atomic E-state index is -0.826. The maximum absolute atomic E-state index is 13.9. The molecule has 0 radical (unpaired) electrons. The Kier molecular flexibility index (Phi) is 2.99. The summed E-state index contributed by atoms with van der Waals surface area (Å²) in [5.74, 6) is -1.65. The second-order valence-electron chi connectivity index (χ2n) is 4.11. The summed E-state index contributed by atoms with van der Waals surface area (Å²) >= 11 is 5.93. The van der Waals surface area contributed by atoms with Gasteiger partial charge in [-0.2, -0.15) is 0 Å². The Balaban J connectivity index is 2.51. The van der Waals surface area contributed by atoms with Gasteiger partial charge in [-0.05, 0) is 24.3 Å². The molecular formula is C14H7ClF2N2O. The van der Waals surface area contributed by atoms with Gasteiger partial charge in [-0.25, -0.2) is 13.8 Å². The average Bonchev–Trinajstić information content (AvgIpc) is 2.41. The van der Waals surface area contributed by atoms with Crippen LogP contribution in [-0.4, -0.2) is 9.55 Å². The van der Waals surface area contributed by atoms with Crippen molar-refractivity contribution >= 4 is 22.5 Å². The third-order valence-corrected chi connectivity index (χ3v) is 3.23. The van der Waals surface area contributed by atoms with E-state index < -0.39 is 22.9 Å². The number of nitrogens with zero attached hydrogens (tertiary/aromatic N) is 2. The molecule has 0 saturated heterocycles. The van der Waals surface area contributed by atoms with E-state index in [2.05, 4.69) is 4.98 Å². The number of halogens is 3. The van der Waals surface area contributed by atoms with Crippen LogP contribution in [0.25, 0.3) is 16.6 Å². The summed E-state index contributed by atoms with van der Waals surface area (Å²) in [6, 6.07) is 7.57. The average molecular weight is 293 g/mol.